The number of unbranched alkanes of at least 4 members (excludes halogenated alkanes) is 42. The summed E-state index contributed by atoms with van der Waals surface area (Å²) < 4.78 is 0. The number of hydrogen-bond acceptors (Lipinski definition) is 5. The fourth-order valence-corrected chi connectivity index (χ4v) is 9.00. The highest BCUT2D eigenvalue weighted by atomic mass is 16.3. The van der Waals surface area contributed by atoms with Gasteiger partial charge in [-0.1, -0.05) is 296 Å². The minimum absolute atomic E-state index is 0.376. The molecule has 0 aliphatic rings. The molecule has 6 nitrogen and oxygen atoms in total. The zero-order valence-electron chi connectivity index (χ0n) is 40.7. The van der Waals surface area contributed by atoms with Crippen LogP contribution in [0.2, 0.25) is 0 Å². The maximum Gasteiger partial charge on any atom is 0.249 e. The fraction of sp³-hybridized carbons (Fsp3) is 0.981. The minimum atomic E-state index is -1.25. The molecule has 0 radical (unpaired) electrons. The zero-order chi connectivity index (χ0) is 43.8. The third-order valence-corrected chi connectivity index (χ3v) is 13.3. The van der Waals surface area contributed by atoms with Gasteiger partial charge in [-0.05, 0) is 12.8 Å². The molecule has 4 unspecified atom stereocenters. The molecule has 5 N–H and O–H groups in total. The second kappa shape index (κ2) is 49.3. The molecule has 0 bridgehead atoms. The lowest BCUT2D eigenvalue weighted by molar-refractivity contribution is -0.132. The Hall–Kier alpha value is -0.690. The van der Waals surface area contributed by atoms with Gasteiger partial charge in [-0.3, -0.25) is 4.79 Å². The van der Waals surface area contributed by atoms with E-state index in [1.54, 1.807) is 0 Å². The first-order valence-electron chi connectivity index (χ1n) is 27.4. The Morgan fingerprint density at radius 3 is 0.800 bits per heavy atom. The summed E-state index contributed by atoms with van der Waals surface area (Å²) in [6.07, 6.45) is 56.1. The van der Waals surface area contributed by atoms with Gasteiger partial charge in [-0.2, -0.15) is 0 Å². The Kier molecular flexibility index (Phi) is 48.8. The van der Waals surface area contributed by atoms with Crippen molar-refractivity contribution in [3.63, 3.8) is 0 Å². The molecule has 0 saturated carbocycles. The lowest BCUT2D eigenvalue weighted by Gasteiger charge is -2.27. The van der Waals surface area contributed by atoms with Gasteiger partial charge >= 0.3 is 0 Å². The molecule has 0 aliphatic heterocycles. The van der Waals surface area contributed by atoms with Crippen LogP contribution in [-0.2, 0) is 4.79 Å². The van der Waals surface area contributed by atoms with Crippen molar-refractivity contribution in [2.45, 2.75) is 334 Å². The highest BCUT2D eigenvalue weighted by Crippen LogP contribution is 2.19. The van der Waals surface area contributed by atoms with E-state index in [0.29, 0.717) is 12.8 Å². The van der Waals surface area contributed by atoms with E-state index in [9.17, 15) is 25.2 Å². The van der Waals surface area contributed by atoms with Gasteiger partial charge in [0.2, 0.25) is 5.91 Å². The van der Waals surface area contributed by atoms with Crippen LogP contribution in [0, 0.1) is 0 Å². The number of carbonyl (C=O) groups excluding carboxylic acids is 1. The molecule has 6 heteroatoms. The number of amides is 1. The number of aliphatic hydroxyl groups excluding tert-OH is 4. The summed E-state index contributed by atoms with van der Waals surface area (Å²) in [7, 11) is 0. The van der Waals surface area contributed by atoms with E-state index >= 15 is 0 Å². The monoisotopic (exact) mass is 852 g/mol. The highest BCUT2D eigenvalue weighted by molar-refractivity contribution is 5.80. The Balaban J connectivity index is 3.52. The van der Waals surface area contributed by atoms with Gasteiger partial charge in [0.15, 0.2) is 0 Å². The van der Waals surface area contributed by atoms with E-state index in [4.69, 9.17) is 0 Å². The van der Waals surface area contributed by atoms with Crippen LogP contribution in [0.1, 0.15) is 309 Å². The van der Waals surface area contributed by atoms with Crippen LogP contribution in [-0.4, -0.2) is 57.3 Å². The molecule has 0 heterocycles. The van der Waals surface area contributed by atoms with Gasteiger partial charge in [0, 0.05) is 0 Å². The predicted octanol–water partition coefficient (Wildman–Crippen LogP) is 15.5. The molecular formula is C54H109NO5. The van der Waals surface area contributed by atoms with E-state index in [1.165, 1.54) is 244 Å². The zero-order valence-corrected chi connectivity index (χ0v) is 40.7. The average Bonchev–Trinajstić information content (AvgIpc) is 3.25. The Labute approximate surface area is 375 Å². The van der Waals surface area contributed by atoms with Gasteiger partial charge < -0.3 is 25.7 Å². The number of carbonyl (C=O) groups is 1. The molecule has 0 aromatic heterocycles. The maximum absolute atomic E-state index is 12.6. The van der Waals surface area contributed by atoms with Crippen LogP contribution < -0.4 is 5.32 Å². The van der Waals surface area contributed by atoms with E-state index in [1.807, 2.05) is 0 Å². The molecule has 360 valence electrons. The van der Waals surface area contributed by atoms with Gasteiger partial charge in [0.05, 0.1) is 18.8 Å². The van der Waals surface area contributed by atoms with E-state index < -0.39 is 36.9 Å². The fourth-order valence-electron chi connectivity index (χ4n) is 9.00. The van der Waals surface area contributed by atoms with Crippen molar-refractivity contribution in [2.24, 2.45) is 0 Å². The summed E-state index contributed by atoms with van der Waals surface area (Å²) in [5.74, 6) is -0.577. The van der Waals surface area contributed by atoms with Crippen LogP contribution in [0.4, 0.5) is 0 Å². The van der Waals surface area contributed by atoms with Crippen molar-refractivity contribution < 1.29 is 25.2 Å². The highest BCUT2D eigenvalue weighted by Gasteiger charge is 2.28. The molecule has 0 aromatic rings. The summed E-state index contributed by atoms with van der Waals surface area (Å²) in [4.78, 5) is 12.6. The first-order chi connectivity index (χ1) is 29.5. The van der Waals surface area contributed by atoms with Crippen molar-refractivity contribution in [1.82, 2.24) is 5.32 Å². The normalized spacial score (nSPS) is 13.8. The molecule has 1 amide bonds. The Morgan fingerprint density at radius 1 is 0.350 bits per heavy atom. The van der Waals surface area contributed by atoms with Crippen LogP contribution in [0.25, 0.3) is 0 Å². The first kappa shape index (κ1) is 59.3. The number of nitrogens with one attached hydrogen (secondary N) is 1. The average molecular weight is 852 g/mol. The second-order valence-corrected chi connectivity index (χ2v) is 19.3. The van der Waals surface area contributed by atoms with Gasteiger partial charge in [0.1, 0.15) is 12.2 Å². The van der Waals surface area contributed by atoms with Crippen molar-refractivity contribution in [2.75, 3.05) is 6.61 Å². The third kappa shape index (κ3) is 42.6. The lowest BCUT2D eigenvalue weighted by Crippen LogP contribution is -2.53. The lowest BCUT2D eigenvalue weighted by atomic mass is 9.99. The Morgan fingerprint density at radius 2 is 0.567 bits per heavy atom. The van der Waals surface area contributed by atoms with Crippen LogP contribution >= 0.6 is 0 Å². The third-order valence-electron chi connectivity index (χ3n) is 13.3. The van der Waals surface area contributed by atoms with Crippen molar-refractivity contribution in [3.05, 3.63) is 0 Å². The van der Waals surface area contributed by atoms with Gasteiger partial charge in [-0.25, -0.2) is 0 Å². The topological polar surface area (TPSA) is 110 Å². The SMILES string of the molecule is CCCCCCCCCCCCCCCCCCCCCCCCCCCCCCCCCC(O)C(=O)NC(CO)C(O)C(O)CCCCCCCCCCCCCCC. The summed E-state index contributed by atoms with van der Waals surface area (Å²) in [6, 6.07) is -0.979. The second-order valence-electron chi connectivity index (χ2n) is 19.3. The minimum Gasteiger partial charge on any atom is -0.394 e. The maximum atomic E-state index is 12.6. The molecule has 0 saturated heterocycles. The van der Waals surface area contributed by atoms with Crippen molar-refractivity contribution in [1.29, 1.82) is 0 Å². The smallest absolute Gasteiger partial charge is 0.249 e. The summed E-state index contributed by atoms with van der Waals surface area (Å²) in [5.41, 5.74) is 0. The first-order valence-corrected chi connectivity index (χ1v) is 27.4. The molecule has 0 aliphatic carbocycles. The van der Waals surface area contributed by atoms with E-state index in [2.05, 4.69) is 19.2 Å². The molecule has 60 heavy (non-hydrogen) atoms. The van der Waals surface area contributed by atoms with E-state index in [0.717, 1.165) is 38.5 Å². The van der Waals surface area contributed by atoms with Crippen LogP contribution in [0.15, 0.2) is 0 Å². The van der Waals surface area contributed by atoms with Crippen LogP contribution in [0.5, 0.6) is 0 Å². The predicted molar refractivity (Wildman–Crippen MR) is 261 cm³/mol. The van der Waals surface area contributed by atoms with Gasteiger partial charge in [0.25, 0.3) is 0 Å². The molecule has 4 atom stereocenters. The van der Waals surface area contributed by atoms with Gasteiger partial charge in [-0.15, -0.1) is 0 Å². The molecule has 0 aromatic carbocycles. The molecule has 0 rings (SSSR count). The van der Waals surface area contributed by atoms with Crippen molar-refractivity contribution in [3.8, 4) is 0 Å². The van der Waals surface area contributed by atoms with Crippen LogP contribution in [0.3, 0.4) is 0 Å². The summed E-state index contributed by atoms with van der Waals surface area (Å²) in [6.45, 7) is 4.08. The summed E-state index contributed by atoms with van der Waals surface area (Å²) >= 11 is 0. The molecular weight excluding hydrogens is 743 g/mol. The van der Waals surface area contributed by atoms with Crippen molar-refractivity contribution >= 4 is 5.91 Å². The molecule has 0 spiro atoms. The van der Waals surface area contributed by atoms with E-state index in [-0.39, 0.29) is 0 Å². The molecule has 0 fully saturated rings. The Bertz CT molecular complexity index is 826. The number of aliphatic hydroxyl groups is 4. The number of rotatable bonds is 51. The summed E-state index contributed by atoms with van der Waals surface area (Å²) in [5, 5.41) is 43.8. The number of hydrogen-bond donors (Lipinski definition) is 5. The standard InChI is InChI=1S/C54H109NO5/c1-3-5-7-9-11-13-15-17-18-19-20-21-22-23-24-25-26-27-28-29-30-31-32-33-34-36-38-40-42-44-46-48-52(58)54(60)55-50(49-56)53(59)51(57)47-45-43-41-39-37-35-16-14-12-10-8-6-4-2/h50-53,56-59H,3-49H2,1-2H3,(H,55,60). The quantitative estimate of drug-likeness (QED) is 0.0392. The largest absolute Gasteiger partial charge is 0.394 e.